The summed E-state index contributed by atoms with van der Waals surface area (Å²) in [7, 11) is 0. The molecule has 0 saturated heterocycles. The van der Waals surface area contributed by atoms with Gasteiger partial charge in [-0.15, -0.1) is 0 Å². The molecule has 0 spiro atoms. The maximum absolute atomic E-state index is 11.6. The van der Waals surface area contributed by atoms with Gasteiger partial charge in [0, 0.05) is 18.7 Å². The van der Waals surface area contributed by atoms with Crippen molar-refractivity contribution in [3.63, 3.8) is 0 Å². The minimum absolute atomic E-state index is 0.0767. The first-order chi connectivity index (χ1) is 14.0. The normalized spacial score (nSPS) is 12.8. The summed E-state index contributed by atoms with van der Waals surface area (Å²) < 4.78 is 10.6. The van der Waals surface area contributed by atoms with Crippen molar-refractivity contribution in [2.75, 3.05) is 12.3 Å². The second-order valence-corrected chi connectivity index (χ2v) is 10.5. The number of allylic oxidation sites excluding steroid dienone is 8. The van der Waals surface area contributed by atoms with E-state index >= 15 is 0 Å². The number of unbranched alkanes of at least 4 members (excludes halogenated alkanes) is 4. The predicted molar refractivity (Wildman–Crippen MR) is 126 cm³/mol. The van der Waals surface area contributed by atoms with E-state index in [1.807, 2.05) is 0 Å². The fourth-order valence-corrected chi connectivity index (χ4v) is 3.80. The molecule has 0 aromatic carbocycles. The van der Waals surface area contributed by atoms with Crippen molar-refractivity contribution in [2.24, 2.45) is 0 Å². The maximum Gasteiger partial charge on any atom is 0.384 e. The first-order valence-electron chi connectivity index (χ1n) is 10.5. The zero-order valence-electron chi connectivity index (χ0n) is 17.7. The highest BCUT2D eigenvalue weighted by atomic mass is 32.7. The summed E-state index contributed by atoms with van der Waals surface area (Å²) in [4.78, 5) is 29.0. The van der Waals surface area contributed by atoms with E-state index < -0.39 is 6.80 Å². The third-order valence-electron chi connectivity index (χ3n) is 3.92. The summed E-state index contributed by atoms with van der Waals surface area (Å²) >= 11 is 0.553. The highest BCUT2D eigenvalue weighted by molar-refractivity contribution is 8.54. The van der Waals surface area contributed by atoms with Gasteiger partial charge in [-0.05, 0) is 56.3 Å². The fourth-order valence-electron chi connectivity index (χ4n) is 2.38. The van der Waals surface area contributed by atoms with Gasteiger partial charge < -0.3 is 15.1 Å². The molecule has 0 radical (unpaired) electrons. The summed E-state index contributed by atoms with van der Waals surface area (Å²) in [6, 6.07) is 0. The Kier molecular flexibility index (Phi) is 19.5. The molecule has 5 nitrogen and oxygen atoms in total. The summed E-state index contributed by atoms with van der Waals surface area (Å²) in [5, 5.41) is 2.66. The summed E-state index contributed by atoms with van der Waals surface area (Å²) in [6.07, 6.45) is 27.4. The molecule has 0 aliphatic heterocycles. The van der Waals surface area contributed by atoms with Crippen LogP contribution in [-0.4, -0.2) is 28.0 Å². The highest BCUT2D eigenvalue weighted by Crippen LogP contribution is 2.49. The first-order valence-corrected chi connectivity index (χ1v) is 13.7. The summed E-state index contributed by atoms with van der Waals surface area (Å²) in [6.45, 7) is -1.54. The lowest BCUT2D eigenvalue weighted by atomic mass is 10.2. The molecular weight excluding hydrogens is 405 g/mol. The van der Waals surface area contributed by atoms with Gasteiger partial charge in [-0.25, -0.2) is 4.57 Å². The molecule has 0 heterocycles. The van der Waals surface area contributed by atoms with Crippen molar-refractivity contribution >= 4 is 24.1 Å². The van der Waals surface area contributed by atoms with Crippen LogP contribution in [-0.2, 0) is 9.36 Å². The van der Waals surface area contributed by atoms with E-state index in [0.29, 0.717) is 17.8 Å². The third kappa shape index (κ3) is 24.9. The molecule has 0 saturated carbocycles. The first kappa shape index (κ1) is 27.9. The smallest absolute Gasteiger partial charge is 0.355 e. The molecule has 0 aromatic rings. The van der Waals surface area contributed by atoms with Crippen molar-refractivity contribution in [1.29, 1.82) is 0 Å². The Labute approximate surface area is 180 Å². The van der Waals surface area contributed by atoms with Gasteiger partial charge in [0.25, 0.3) is 0 Å². The van der Waals surface area contributed by atoms with E-state index in [-0.39, 0.29) is 18.2 Å². The number of carbonyl (C=O) groups is 1. The van der Waals surface area contributed by atoms with Gasteiger partial charge in [0.05, 0.1) is 0 Å². The van der Waals surface area contributed by atoms with Crippen LogP contribution in [0.15, 0.2) is 48.6 Å². The number of hydrogen-bond donors (Lipinski definition) is 3. The molecular formula is C22H38NO4PS. The molecule has 3 N–H and O–H groups in total. The molecule has 0 rings (SSSR count). The Hall–Kier alpha value is -1.07. The van der Waals surface area contributed by atoms with Crippen LogP contribution in [0.3, 0.4) is 0 Å². The quantitative estimate of drug-likeness (QED) is 0.136. The predicted octanol–water partition coefficient (Wildman–Crippen LogP) is 6.07. The standard InChI is InChI=1S/C22H38NO4PS/c1-2-3-4-5-6-7-8-9-10-11-12-13-14-15-16-17-18-19-22(24)23-20-21-29-28(25,26)27/h6-7,9-10,12-13,15-16H,2-5,8,11,14,17-21H2,1H3,(H,23,24)(H2,25,26,27). The number of nitrogens with one attached hydrogen (secondary N) is 1. The van der Waals surface area contributed by atoms with Gasteiger partial charge in [0.15, 0.2) is 0 Å². The van der Waals surface area contributed by atoms with Crippen LogP contribution in [0.4, 0.5) is 0 Å². The number of carbonyl (C=O) groups excluding carboxylic acids is 1. The van der Waals surface area contributed by atoms with Crippen molar-refractivity contribution < 1.29 is 19.1 Å². The van der Waals surface area contributed by atoms with E-state index in [9.17, 15) is 9.36 Å². The minimum Gasteiger partial charge on any atom is -0.355 e. The number of rotatable bonds is 18. The average Bonchev–Trinajstić information content (AvgIpc) is 2.67. The van der Waals surface area contributed by atoms with Crippen molar-refractivity contribution in [2.45, 2.75) is 71.1 Å². The molecule has 29 heavy (non-hydrogen) atoms. The topological polar surface area (TPSA) is 86.6 Å². The van der Waals surface area contributed by atoms with Crippen molar-refractivity contribution in [3.05, 3.63) is 48.6 Å². The maximum atomic E-state index is 11.6. The lowest BCUT2D eigenvalue weighted by Gasteiger charge is -2.05. The Morgan fingerprint density at radius 2 is 1.38 bits per heavy atom. The zero-order valence-corrected chi connectivity index (χ0v) is 19.4. The van der Waals surface area contributed by atoms with Crippen molar-refractivity contribution in [1.82, 2.24) is 5.32 Å². The highest BCUT2D eigenvalue weighted by Gasteiger charge is 2.12. The van der Waals surface area contributed by atoms with Gasteiger partial charge in [-0.3, -0.25) is 4.79 Å². The molecule has 166 valence electrons. The SMILES string of the molecule is CCCCCC=CCC=CCC=CCC=CCCCC(=O)NCCSP(=O)(O)O. The van der Waals surface area contributed by atoms with Crippen LogP contribution >= 0.6 is 18.2 Å². The Morgan fingerprint density at radius 1 is 0.862 bits per heavy atom. The van der Waals surface area contributed by atoms with Gasteiger partial charge in [-0.2, -0.15) is 0 Å². The van der Waals surface area contributed by atoms with Crippen LogP contribution in [0.2, 0.25) is 0 Å². The van der Waals surface area contributed by atoms with Crippen LogP contribution in [0.5, 0.6) is 0 Å². The van der Waals surface area contributed by atoms with Gasteiger partial charge in [-0.1, -0.05) is 68.4 Å². The number of hydrogen-bond acceptors (Lipinski definition) is 3. The summed E-state index contributed by atoms with van der Waals surface area (Å²) in [5.74, 6) is 0.139. The minimum atomic E-state index is -4.04. The molecule has 0 aliphatic carbocycles. The lowest BCUT2D eigenvalue weighted by molar-refractivity contribution is -0.121. The van der Waals surface area contributed by atoms with Gasteiger partial charge >= 0.3 is 6.80 Å². The molecule has 7 heteroatoms. The Bertz CT molecular complexity index is 567. The fraction of sp³-hybridized carbons (Fsp3) is 0.591. The average molecular weight is 444 g/mol. The Balaban J connectivity index is 3.51. The second-order valence-electron chi connectivity index (χ2n) is 6.65. The lowest BCUT2D eigenvalue weighted by Crippen LogP contribution is -2.25. The monoisotopic (exact) mass is 443 g/mol. The molecule has 0 bridgehead atoms. The largest absolute Gasteiger partial charge is 0.384 e. The Morgan fingerprint density at radius 3 is 1.90 bits per heavy atom. The van der Waals surface area contributed by atoms with E-state index in [4.69, 9.17) is 9.79 Å². The summed E-state index contributed by atoms with van der Waals surface area (Å²) in [5.41, 5.74) is 0. The van der Waals surface area contributed by atoms with Gasteiger partial charge in [0.2, 0.25) is 5.91 Å². The second kappa shape index (κ2) is 20.2. The molecule has 1 amide bonds. The van der Waals surface area contributed by atoms with E-state index in [0.717, 1.165) is 32.1 Å². The van der Waals surface area contributed by atoms with Crippen LogP contribution in [0.25, 0.3) is 0 Å². The van der Waals surface area contributed by atoms with Crippen molar-refractivity contribution in [3.8, 4) is 0 Å². The zero-order chi connectivity index (χ0) is 21.6. The molecule has 0 atom stereocenters. The van der Waals surface area contributed by atoms with E-state index in [1.54, 1.807) is 0 Å². The van der Waals surface area contributed by atoms with Crippen LogP contribution in [0.1, 0.15) is 71.1 Å². The van der Waals surface area contributed by atoms with Gasteiger partial charge in [0.1, 0.15) is 0 Å². The molecule has 0 fully saturated rings. The molecule has 0 aromatic heterocycles. The number of amides is 1. The van der Waals surface area contributed by atoms with Crippen LogP contribution in [0, 0.1) is 0 Å². The van der Waals surface area contributed by atoms with E-state index in [1.165, 1.54) is 25.7 Å². The van der Waals surface area contributed by atoms with E-state index in [2.05, 4.69) is 60.8 Å². The molecule has 0 aliphatic rings. The third-order valence-corrected chi connectivity index (χ3v) is 6.20. The van der Waals surface area contributed by atoms with Crippen LogP contribution < -0.4 is 5.32 Å². The molecule has 0 unspecified atom stereocenters.